The summed E-state index contributed by atoms with van der Waals surface area (Å²) in [6.45, 7) is 15.5. The molecule has 0 amide bonds. The van der Waals surface area contributed by atoms with Crippen molar-refractivity contribution in [2.24, 2.45) is 46.3 Å². The highest BCUT2D eigenvalue weighted by molar-refractivity contribution is 7.86. The van der Waals surface area contributed by atoms with Crippen LogP contribution in [0.4, 0.5) is 0 Å². The van der Waals surface area contributed by atoms with Crippen LogP contribution in [0.3, 0.4) is 0 Å². The van der Waals surface area contributed by atoms with Crippen LogP contribution in [0.15, 0.2) is 40.8 Å². The molecule has 3 fully saturated rings. The normalized spacial score (nSPS) is 36.9. The second-order valence-electron chi connectivity index (χ2n) is 15.2. The Bertz CT molecular complexity index is 1270. The second-order valence-corrected chi connectivity index (χ2v) is 16.8. The van der Waals surface area contributed by atoms with Gasteiger partial charge in [0.1, 0.15) is 6.10 Å². The van der Waals surface area contributed by atoms with Gasteiger partial charge in [-0.05, 0) is 98.5 Å². The Labute approximate surface area is 255 Å². The quantitative estimate of drug-likeness (QED) is 0.162. The Morgan fingerprint density at radius 2 is 1.74 bits per heavy atom. The van der Waals surface area contributed by atoms with Crippen LogP contribution in [0.1, 0.15) is 111 Å². The minimum absolute atomic E-state index is 0.170. The third kappa shape index (κ3) is 5.88. The van der Waals surface area contributed by atoms with Gasteiger partial charge in [-0.15, -0.1) is 0 Å². The zero-order chi connectivity index (χ0) is 30.4. The first-order chi connectivity index (χ1) is 19.8. The number of aryl methyl sites for hydroxylation is 1. The van der Waals surface area contributed by atoms with Crippen molar-refractivity contribution in [2.45, 2.75) is 130 Å². The van der Waals surface area contributed by atoms with Gasteiger partial charge in [-0.2, -0.15) is 8.42 Å². The van der Waals surface area contributed by atoms with Gasteiger partial charge in [-0.1, -0.05) is 83.2 Å². The molecule has 0 N–H and O–H groups in total. The van der Waals surface area contributed by atoms with E-state index in [2.05, 4.69) is 40.7 Å². The second kappa shape index (κ2) is 12.0. The van der Waals surface area contributed by atoms with Crippen LogP contribution in [0, 0.1) is 53.3 Å². The first-order valence-electron chi connectivity index (χ1n) is 16.6. The molecule has 0 aromatic heterocycles. The SMILES string of the molecule is CC(=O)O[C@H]1CC(OS(=O)(=O)c2ccc(C)cc2)CC2=CC[C@H]3[C@@H]4CC[C@H]([C@H](C)CCCC(C)C)[C@@]4(C)CC[C@@H]3[C@]21C. The molecule has 234 valence electrons. The minimum Gasteiger partial charge on any atom is -0.462 e. The summed E-state index contributed by atoms with van der Waals surface area (Å²) in [6, 6.07) is 6.78. The smallest absolute Gasteiger partial charge is 0.302 e. The van der Waals surface area contributed by atoms with Gasteiger partial charge in [0.05, 0.1) is 11.0 Å². The van der Waals surface area contributed by atoms with E-state index in [0.29, 0.717) is 36.0 Å². The van der Waals surface area contributed by atoms with Gasteiger partial charge in [0.2, 0.25) is 0 Å². The van der Waals surface area contributed by atoms with Gasteiger partial charge in [0, 0.05) is 18.8 Å². The van der Waals surface area contributed by atoms with Crippen molar-refractivity contribution in [3.05, 3.63) is 41.5 Å². The number of allylic oxidation sites excluding steroid dienone is 1. The zero-order valence-corrected chi connectivity index (χ0v) is 27.8. The Morgan fingerprint density at radius 1 is 1.02 bits per heavy atom. The molecule has 1 aromatic carbocycles. The van der Waals surface area contributed by atoms with E-state index in [1.807, 2.05) is 6.92 Å². The Balaban J connectivity index is 1.37. The Kier molecular flexibility index (Phi) is 9.09. The van der Waals surface area contributed by atoms with Gasteiger partial charge < -0.3 is 4.74 Å². The van der Waals surface area contributed by atoms with Crippen LogP contribution in [0.25, 0.3) is 0 Å². The predicted octanol–water partition coefficient (Wildman–Crippen LogP) is 8.65. The number of hydrogen-bond donors (Lipinski definition) is 0. The van der Waals surface area contributed by atoms with E-state index in [1.165, 1.54) is 51.0 Å². The highest BCUT2D eigenvalue weighted by atomic mass is 32.2. The lowest BCUT2D eigenvalue weighted by molar-refractivity contribution is -0.166. The zero-order valence-electron chi connectivity index (χ0n) is 27.0. The first kappa shape index (κ1) is 31.8. The molecule has 5 nitrogen and oxygen atoms in total. The third-order valence-electron chi connectivity index (χ3n) is 12.2. The summed E-state index contributed by atoms with van der Waals surface area (Å²) < 4.78 is 38.4. The van der Waals surface area contributed by atoms with Crippen LogP contribution in [0.2, 0.25) is 0 Å². The summed E-state index contributed by atoms with van der Waals surface area (Å²) in [5.41, 5.74) is 2.31. The molecule has 4 aliphatic rings. The van der Waals surface area contributed by atoms with E-state index in [-0.39, 0.29) is 16.3 Å². The number of rotatable bonds is 9. The topological polar surface area (TPSA) is 69.7 Å². The predicted molar refractivity (Wildman–Crippen MR) is 167 cm³/mol. The Hall–Kier alpha value is -1.66. The van der Waals surface area contributed by atoms with Crippen molar-refractivity contribution >= 4 is 16.1 Å². The molecule has 0 aliphatic heterocycles. The highest BCUT2D eigenvalue weighted by Gasteiger charge is 2.62. The van der Waals surface area contributed by atoms with Gasteiger partial charge in [-0.3, -0.25) is 8.98 Å². The van der Waals surface area contributed by atoms with Crippen molar-refractivity contribution in [2.75, 3.05) is 0 Å². The van der Waals surface area contributed by atoms with Crippen LogP contribution < -0.4 is 0 Å². The van der Waals surface area contributed by atoms with Crippen molar-refractivity contribution in [1.29, 1.82) is 0 Å². The average Bonchev–Trinajstić information content (AvgIpc) is 3.26. The molecule has 9 atom stereocenters. The summed E-state index contributed by atoms with van der Waals surface area (Å²) in [7, 11) is -3.92. The number of esters is 1. The highest BCUT2D eigenvalue weighted by Crippen LogP contribution is 2.67. The molecule has 1 aromatic rings. The van der Waals surface area contributed by atoms with Crippen molar-refractivity contribution in [3.8, 4) is 0 Å². The molecular weight excluding hydrogens is 544 g/mol. The first-order valence-corrected chi connectivity index (χ1v) is 18.0. The molecule has 5 rings (SSSR count). The molecule has 0 bridgehead atoms. The van der Waals surface area contributed by atoms with E-state index < -0.39 is 22.3 Å². The lowest BCUT2D eigenvalue weighted by Crippen LogP contribution is -2.57. The molecule has 0 spiro atoms. The molecule has 3 saturated carbocycles. The van der Waals surface area contributed by atoms with E-state index in [4.69, 9.17) is 8.92 Å². The molecule has 42 heavy (non-hydrogen) atoms. The van der Waals surface area contributed by atoms with E-state index in [9.17, 15) is 13.2 Å². The van der Waals surface area contributed by atoms with Crippen LogP contribution in [0.5, 0.6) is 0 Å². The van der Waals surface area contributed by atoms with Crippen LogP contribution in [-0.2, 0) is 23.8 Å². The number of carbonyl (C=O) groups excluding carboxylic acids is 1. The number of hydrogen-bond acceptors (Lipinski definition) is 5. The van der Waals surface area contributed by atoms with Gasteiger partial charge >= 0.3 is 5.97 Å². The minimum atomic E-state index is -3.92. The van der Waals surface area contributed by atoms with Gasteiger partial charge in [0.25, 0.3) is 10.1 Å². The van der Waals surface area contributed by atoms with Crippen LogP contribution in [-0.4, -0.2) is 26.6 Å². The van der Waals surface area contributed by atoms with E-state index >= 15 is 0 Å². The number of fused-ring (bicyclic) bond motifs is 5. The lowest BCUT2D eigenvalue weighted by atomic mass is 9.46. The average molecular weight is 599 g/mol. The largest absolute Gasteiger partial charge is 0.462 e. The van der Waals surface area contributed by atoms with Crippen molar-refractivity contribution < 1.29 is 22.1 Å². The molecule has 0 radical (unpaired) electrons. The maximum absolute atomic E-state index is 13.2. The number of ether oxygens (including phenoxy) is 1. The van der Waals surface area contributed by atoms with Gasteiger partial charge in [-0.25, -0.2) is 0 Å². The number of benzene rings is 1. The van der Waals surface area contributed by atoms with E-state index in [0.717, 1.165) is 36.2 Å². The molecule has 0 saturated heterocycles. The molecule has 6 heteroatoms. The fraction of sp³-hybridized carbons (Fsp3) is 0.750. The van der Waals surface area contributed by atoms with E-state index in [1.54, 1.807) is 24.3 Å². The Morgan fingerprint density at radius 3 is 2.40 bits per heavy atom. The molecule has 0 heterocycles. The lowest BCUT2D eigenvalue weighted by Gasteiger charge is -2.60. The molecule has 1 unspecified atom stereocenters. The van der Waals surface area contributed by atoms with Crippen molar-refractivity contribution in [3.63, 3.8) is 0 Å². The maximum Gasteiger partial charge on any atom is 0.302 e. The van der Waals surface area contributed by atoms with Crippen LogP contribution >= 0.6 is 0 Å². The maximum atomic E-state index is 13.2. The summed E-state index contributed by atoms with van der Waals surface area (Å²) in [4.78, 5) is 12.6. The van der Waals surface area contributed by atoms with Gasteiger partial charge in [0.15, 0.2) is 0 Å². The molecular formula is C36H54O5S. The standard InChI is InChI=1S/C36H54O5S/c1-23(2)9-8-10-25(4)31-17-18-32-30-16-13-27-21-28(41-42(38,39)29-14-11-24(3)12-15-29)22-34(40-26(5)37)36(27,7)33(30)19-20-35(31,32)6/h11-15,23,25,28,30-34H,8-10,16-22H2,1-7H3/t25-,28?,30+,31-,32+,33+,34+,35-,36+/m1/s1. The summed E-state index contributed by atoms with van der Waals surface area (Å²) in [6.07, 6.45) is 12.5. The fourth-order valence-corrected chi connectivity index (χ4v) is 11.2. The number of carbonyl (C=O) groups is 1. The summed E-state index contributed by atoms with van der Waals surface area (Å²) in [5, 5.41) is 0. The summed E-state index contributed by atoms with van der Waals surface area (Å²) >= 11 is 0. The summed E-state index contributed by atoms with van der Waals surface area (Å²) in [5.74, 6) is 3.73. The fourth-order valence-electron chi connectivity index (χ4n) is 10.1. The monoisotopic (exact) mass is 598 g/mol. The van der Waals surface area contributed by atoms with Crippen molar-refractivity contribution in [1.82, 2.24) is 0 Å². The third-order valence-corrected chi connectivity index (χ3v) is 13.6. The molecule has 4 aliphatic carbocycles.